The first-order valence-corrected chi connectivity index (χ1v) is 10.7. The number of para-hydroxylation sites is 1. The fraction of sp³-hybridized carbons (Fsp3) is 0.636. The highest BCUT2D eigenvalue weighted by atomic mass is 16.2. The molecule has 5 nitrogen and oxygen atoms in total. The molecule has 2 aliphatic heterocycles. The number of rotatable bonds is 1. The quantitative estimate of drug-likeness (QED) is 0.785. The minimum Gasteiger partial charge on any atom is -0.245 e. The average Bonchev–Trinajstić information content (AvgIpc) is 3.30. The summed E-state index contributed by atoms with van der Waals surface area (Å²) in [6.45, 7) is 0. The Morgan fingerprint density at radius 2 is 1.15 bits per heavy atom. The van der Waals surface area contributed by atoms with Crippen molar-refractivity contribution in [3.63, 3.8) is 0 Å². The second kappa shape index (κ2) is 3.19. The molecule has 4 unspecified atom stereocenters. The predicted octanol–water partition coefficient (Wildman–Crippen LogP) is 2.50. The third-order valence-electron chi connectivity index (χ3n) is 11.1. The summed E-state index contributed by atoms with van der Waals surface area (Å²) in [5.74, 6) is 1.76. The summed E-state index contributed by atoms with van der Waals surface area (Å²) in [6, 6.07) is 10.1. The molecule has 0 radical (unpaired) electrons. The fourth-order valence-electron chi connectivity index (χ4n) is 11.6. The first-order valence-electron chi connectivity index (χ1n) is 10.7. The zero-order valence-corrected chi connectivity index (χ0v) is 15.1. The van der Waals surface area contributed by atoms with Gasteiger partial charge >= 0.3 is 11.4 Å². The van der Waals surface area contributed by atoms with E-state index in [9.17, 15) is 9.59 Å². The number of nitrogens with zero attached hydrogens (tertiary/aromatic N) is 3. The van der Waals surface area contributed by atoms with Gasteiger partial charge in [-0.2, -0.15) is 0 Å². The van der Waals surface area contributed by atoms with Crippen LogP contribution in [0.5, 0.6) is 0 Å². The zero-order chi connectivity index (χ0) is 17.6. The third-order valence-corrected chi connectivity index (χ3v) is 11.1. The van der Waals surface area contributed by atoms with Crippen LogP contribution in [0.15, 0.2) is 39.9 Å². The fourth-order valence-corrected chi connectivity index (χ4v) is 11.6. The van der Waals surface area contributed by atoms with Crippen molar-refractivity contribution in [1.29, 1.82) is 0 Å². The van der Waals surface area contributed by atoms with Gasteiger partial charge in [-0.15, -0.1) is 0 Å². The Hall–Kier alpha value is -2.04. The third kappa shape index (κ3) is 0.752. The molecule has 0 amide bonds. The van der Waals surface area contributed by atoms with Crippen LogP contribution in [0.1, 0.15) is 50.6 Å². The van der Waals surface area contributed by atoms with Crippen LogP contribution in [0.3, 0.4) is 0 Å². The van der Waals surface area contributed by atoms with E-state index >= 15 is 0 Å². The monoisotopic (exact) mass is 359 g/mol. The van der Waals surface area contributed by atoms with Crippen LogP contribution in [-0.4, -0.2) is 13.9 Å². The minimum atomic E-state index is -0.0836. The predicted molar refractivity (Wildman–Crippen MR) is 96.8 cm³/mol. The van der Waals surface area contributed by atoms with Crippen molar-refractivity contribution in [2.45, 2.75) is 50.6 Å². The summed E-state index contributed by atoms with van der Waals surface area (Å²) in [5, 5.41) is 0. The van der Waals surface area contributed by atoms with Crippen LogP contribution in [0.4, 0.5) is 0 Å². The van der Waals surface area contributed by atoms with E-state index in [0.29, 0.717) is 33.7 Å². The molecule has 0 N–H and O–H groups in total. The maximum absolute atomic E-state index is 13.6. The van der Waals surface area contributed by atoms with Crippen molar-refractivity contribution in [2.75, 3.05) is 0 Å². The molecule has 3 heterocycles. The molecule has 5 heteroatoms. The standard InChI is InChI=1S/C22H21N3O2/c26-17-23(12-6-2-1-3-7-12)18(27)25-16-20-9-4-8-19(20)13-14(20)22(16)11-5-10-21(13,22)15(19)24(17)25/h1-3,6-7,13-16H,4-5,8-11H2/t13?,14?,15?,16?,19-,20+,21+,22-. The number of hydrogen-bond acceptors (Lipinski definition) is 2. The Morgan fingerprint density at radius 1 is 0.704 bits per heavy atom. The van der Waals surface area contributed by atoms with Gasteiger partial charge in [-0.05, 0) is 49.7 Å². The smallest absolute Gasteiger partial charge is 0.245 e. The van der Waals surface area contributed by atoms with Crippen molar-refractivity contribution in [1.82, 2.24) is 13.9 Å². The molecule has 136 valence electrons. The summed E-state index contributed by atoms with van der Waals surface area (Å²) in [7, 11) is 0. The second-order valence-electron chi connectivity index (χ2n) is 10.6. The molecule has 1 aromatic carbocycles. The molecule has 2 bridgehead atoms. The van der Waals surface area contributed by atoms with Gasteiger partial charge < -0.3 is 0 Å². The molecule has 10 rings (SSSR count). The Labute approximate surface area is 155 Å². The second-order valence-corrected chi connectivity index (χ2v) is 10.6. The Bertz CT molecular complexity index is 1130. The van der Waals surface area contributed by atoms with Crippen molar-refractivity contribution in [3.05, 3.63) is 51.3 Å². The van der Waals surface area contributed by atoms with E-state index in [2.05, 4.69) is 0 Å². The van der Waals surface area contributed by atoms with E-state index in [1.165, 1.54) is 43.1 Å². The average molecular weight is 359 g/mol. The van der Waals surface area contributed by atoms with Crippen LogP contribution in [0.2, 0.25) is 0 Å². The van der Waals surface area contributed by atoms with E-state index < -0.39 is 0 Å². The van der Waals surface area contributed by atoms with Gasteiger partial charge in [-0.1, -0.05) is 31.0 Å². The largest absolute Gasteiger partial charge is 0.352 e. The highest BCUT2D eigenvalue weighted by Crippen LogP contribution is 3.14. The molecule has 4 spiro atoms. The molecule has 6 fully saturated rings. The number of aromatic nitrogens is 3. The van der Waals surface area contributed by atoms with Gasteiger partial charge in [-0.25, -0.2) is 23.5 Å². The molecule has 27 heavy (non-hydrogen) atoms. The lowest BCUT2D eigenvalue weighted by Crippen LogP contribution is -3.06. The Kier molecular flexibility index (Phi) is 1.56. The summed E-state index contributed by atoms with van der Waals surface area (Å²) >= 11 is 0. The van der Waals surface area contributed by atoms with Gasteiger partial charge in [-0.3, -0.25) is 0 Å². The molecule has 6 saturated carbocycles. The first-order chi connectivity index (χ1) is 13.2. The summed E-state index contributed by atoms with van der Waals surface area (Å²) in [6.07, 6.45) is 7.79. The van der Waals surface area contributed by atoms with Gasteiger partial charge in [0.15, 0.2) is 0 Å². The number of hydrogen-bond donors (Lipinski definition) is 0. The van der Waals surface area contributed by atoms with E-state index in [1.54, 1.807) is 0 Å². The van der Waals surface area contributed by atoms with E-state index in [4.69, 9.17) is 0 Å². The van der Waals surface area contributed by atoms with Crippen LogP contribution in [-0.2, 0) is 0 Å². The molecule has 8 aliphatic rings. The molecule has 1 aromatic heterocycles. The van der Waals surface area contributed by atoms with Crippen molar-refractivity contribution < 1.29 is 0 Å². The van der Waals surface area contributed by atoms with E-state index in [1.807, 2.05) is 39.7 Å². The molecule has 8 atom stereocenters. The van der Waals surface area contributed by atoms with Crippen LogP contribution >= 0.6 is 0 Å². The lowest BCUT2D eigenvalue weighted by Gasteiger charge is -3.07. The topological polar surface area (TPSA) is 48.9 Å². The molecule has 2 aromatic rings. The highest BCUT2D eigenvalue weighted by Gasteiger charge is 3.12. The van der Waals surface area contributed by atoms with Gasteiger partial charge in [0.2, 0.25) is 0 Å². The van der Waals surface area contributed by atoms with Gasteiger partial charge in [0.25, 0.3) is 0 Å². The van der Waals surface area contributed by atoms with Gasteiger partial charge in [0.1, 0.15) is 0 Å². The summed E-state index contributed by atoms with van der Waals surface area (Å²) in [5.41, 5.74) is 2.03. The van der Waals surface area contributed by atoms with E-state index in [-0.39, 0.29) is 11.4 Å². The summed E-state index contributed by atoms with van der Waals surface area (Å²) in [4.78, 5) is 27.2. The lowest BCUT2D eigenvalue weighted by molar-refractivity contribution is -0.615. The normalized spacial score (nSPS) is 55.4. The maximum Gasteiger partial charge on any atom is 0.352 e. The maximum atomic E-state index is 13.6. The van der Waals surface area contributed by atoms with Crippen molar-refractivity contribution in [3.8, 4) is 5.69 Å². The molecular weight excluding hydrogens is 338 g/mol. The minimum absolute atomic E-state index is 0.0836. The molecular formula is C22H21N3O2. The lowest BCUT2D eigenvalue weighted by atomic mass is 8.98. The van der Waals surface area contributed by atoms with E-state index in [0.717, 1.165) is 17.5 Å². The summed E-state index contributed by atoms with van der Waals surface area (Å²) < 4.78 is 5.43. The van der Waals surface area contributed by atoms with Crippen LogP contribution < -0.4 is 11.4 Å². The number of benzene rings is 1. The van der Waals surface area contributed by atoms with Crippen LogP contribution in [0.25, 0.3) is 5.69 Å². The van der Waals surface area contributed by atoms with Gasteiger partial charge in [0.05, 0.1) is 17.8 Å². The zero-order valence-electron chi connectivity index (χ0n) is 15.1. The van der Waals surface area contributed by atoms with Gasteiger partial charge in [0, 0.05) is 21.7 Å². The Morgan fingerprint density at radius 3 is 1.59 bits per heavy atom. The Balaban J connectivity index is 1.43. The van der Waals surface area contributed by atoms with Crippen molar-refractivity contribution in [2.24, 2.45) is 33.5 Å². The first kappa shape index (κ1) is 13.2. The van der Waals surface area contributed by atoms with Crippen LogP contribution in [0, 0.1) is 33.5 Å². The highest BCUT2D eigenvalue weighted by molar-refractivity contribution is 5.58. The molecule has 6 aliphatic carbocycles. The SMILES string of the molecule is O=c1n(-c2ccccc2)c(=O)n2n1C1[C@@]34CCC[C@]35C3C4[C@]14CCC[C@@]34C25. The molecule has 0 saturated heterocycles. The van der Waals surface area contributed by atoms with Crippen molar-refractivity contribution >= 4 is 0 Å².